The number of morpholine rings is 1. The van der Waals surface area contributed by atoms with Crippen LogP contribution in [0.4, 0.5) is 5.69 Å². The molecular weight excluding hydrogens is 398 g/mol. The molecule has 1 amide bonds. The first-order chi connectivity index (χ1) is 15.8. The minimum absolute atomic E-state index is 0.0631. The fraction of sp³-hybridized carbons (Fsp3) is 0.444. The van der Waals surface area contributed by atoms with Gasteiger partial charge in [-0.1, -0.05) is 49.2 Å². The number of amides is 1. The zero-order chi connectivity index (χ0) is 22.0. The third kappa shape index (κ3) is 6.68. The minimum Gasteiger partial charge on any atom is -0.378 e. The lowest BCUT2D eigenvalue weighted by atomic mass is 10.1. The maximum atomic E-state index is 12.4. The molecule has 0 aromatic heterocycles. The number of hydrogen-bond acceptors (Lipinski definition) is 4. The number of anilines is 1. The SMILES string of the molecule is O=C(C=Cc1ccc(N2CCOCC2)cc1)NCc1ccccc1CN1CCCCCC1. The lowest BCUT2D eigenvalue weighted by Crippen LogP contribution is -2.36. The number of hydrogen-bond donors (Lipinski definition) is 1. The Morgan fingerprint density at radius 3 is 2.28 bits per heavy atom. The van der Waals surface area contributed by atoms with E-state index < -0.39 is 0 Å². The summed E-state index contributed by atoms with van der Waals surface area (Å²) in [6.07, 6.45) is 8.77. The highest BCUT2D eigenvalue weighted by atomic mass is 16.5. The Hall–Kier alpha value is -2.63. The molecular formula is C27H35N3O2. The van der Waals surface area contributed by atoms with Crippen molar-refractivity contribution in [3.63, 3.8) is 0 Å². The van der Waals surface area contributed by atoms with E-state index in [9.17, 15) is 4.79 Å². The van der Waals surface area contributed by atoms with Gasteiger partial charge in [0.25, 0.3) is 0 Å². The van der Waals surface area contributed by atoms with Gasteiger partial charge in [0.05, 0.1) is 13.2 Å². The molecule has 0 spiro atoms. The molecule has 0 bridgehead atoms. The lowest BCUT2D eigenvalue weighted by Gasteiger charge is -2.28. The third-order valence-corrected chi connectivity index (χ3v) is 6.36. The van der Waals surface area contributed by atoms with Crippen molar-refractivity contribution in [3.05, 3.63) is 71.3 Å². The summed E-state index contributed by atoms with van der Waals surface area (Å²) in [5.74, 6) is -0.0631. The van der Waals surface area contributed by atoms with Crippen LogP contribution in [0, 0.1) is 0 Å². The summed E-state index contributed by atoms with van der Waals surface area (Å²) in [5, 5.41) is 3.06. The Kier molecular flexibility index (Phi) is 8.35. The molecule has 5 heteroatoms. The van der Waals surface area contributed by atoms with Gasteiger partial charge in [-0.05, 0) is 60.8 Å². The summed E-state index contributed by atoms with van der Waals surface area (Å²) >= 11 is 0. The summed E-state index contributed by atoms with van der Waals surface area (Å²) in [7, 11) is 0. The number of carbonyl (C=O) groups excluding carboxylic acids is 1. The van der Waals surface area contributed by atoms with Gasteiger partial charge in [-0.3, -0.25) is 9.69 Å². The Labute approximate surface area is 192 Å². The van der Waals surface area contributed by atoms with E-state index in [1.165, 1.54) is 55.6 Å². The molecule has 2 fully saturated rings. The largest absolute Gasteiger partial charge is 0.378 e. The molecule has 2 aliphatic heterocycles. The first-order valence-corrected chi connectivity index (χ1v) is 12.0. The van der Waals surface area contributed by atoms with Crippen molar-refractivity contribution in [1.29, 1.82) is 0 Å². The summed E-state index contributed by atoms with van der Waals surface area (Å²) < 4.78 is 5.42. The van der Waals surface area contributed by atoms with E-state index in [0.29, 0.717) is 6.54 Å². The number of carbonyl (C=O) groups is 1. The normalized spacial score (nSPS) is 17.9. The Bertz CT molecular complexity index is 880. The maximum Gasteiger partial charge on any atom is 0.244 e. The van der Waals surface area contributed by atoms with Gasteiger partial charge in [0.2, 0.25) is 5.91 Å². The van der Waals surface area contributed by atoms with Crippen molar-refractivity contribution in [3.8, 4) is 0 Å². The molecule has 4 rings (SSSR count). The minimum atomic E-state index is -0.0631. The molecule has 0 radical (unpaired) electrons. The molecule has 2 saturated heterocycles. The van der Waals surface area contributed by atoms with Crippen molar-refractivity contribution in [2.45, 2.75) is 38.8 Å². The number of nitrogens with one attached hydrogen (secondary N) is 1. The van der Waals surface area contributed by atoms with Gasteiger partial charge < -0.3 is 15.0 Å². The van der Waals surface area contributed by atoms with Crippen LogP contribution in [0.1, 0.15) is 42.4 Å². The fourth-order valence-corrected chi connectivity index (χ4v) is 4.45. The van der Waals surface area contributed by atoms with E-state index in [1.54, 1.807) is 6.08 Å². The van der Waals surface area contributed by atoms with Gasteiger partial charge in [0, 0.05) is 37.9 Å². The van der Waals surface area contributed by atoms with Crippen LogP contribution in [0.25, 0.3) is 6.08 Å². The molecule has 2 aromatic rings. The van der Waals surface area contributed by atoms with Crippen LogP contribution in [0.3, 0.4) is 0 Å². The van der Waals surface area contributed by atoms with E-state index in [4.69, 9.17) is 4.74 Å². The molecule has 1 N–H and O–H groups in total. The average Bonchev–Trinajstić information content (AvgIpc) is 3.12. The smallest absolute Gasteiger partial charge is 0.244 e. The van der Waals surface area contributed by atoms with Gasteiger partial charge in [0.15, 0.2) is 0 Å². The van der Waals surface area contributed by atoms with E-state index in [-0.39, 0.29) is 5.91 Å². The zero-order valence-electron chi connectivity index (χ0n) is 19.0. The molecule has 2 aromatic carbocycles. The number of ether oxygens (including phenoxy) is 1. The first-order valence-electron chi connectivity index (χ1n) is 12.0. The highest BCUT2D eigenvalue weighted by molar-refractivity contribution is 5.91. The van der Waals surface area contributed by atoms with Gasteiger partial charge in [-0.2, -0.15) is 0 Å². The predicted molar refractivity (Wildman–Crippen MR) is 131 cm³/mol. The summed E-state index contributed by atoms with van der Waals surface area (Å²) in [4.78, 5) is 17.3. The van der Waals surface area contributed by atoms with E-state index >= 15 is 0 Å². The highest BCUT2D eigenvalue weighted by Gasteiger charge is 2.12. The number of nitrogens with zero attached hydrogens (tertiary/aromatic N) is 2. The predicted octanol–water partition coefficient (Wildman–Crippen LogP) is 4.23. The van der Waals surface area contributed by atoms with Crippen LogP contribution >= 0.6 is 0 Å². The van der Waals surface area contributed by atoms with E-state index in [0.717, 1.165) is 38.4 Å². The Balaban J connectivity index is 1.28. The molecule has 32 heavy (non-hydrogen) atoms. The molecule has 2 aliphatic rings. The fourth-order valence-electron chi connectivity index (χ4n) is 4.45. The highest BCUT2D eigenvalue weighted by Crippen LogP contribution is 2.18. The monoisotopic (exact) mass is 433 g/mol. The Morgan fingerprint density at radius 2 is 1.56 bits per heavy atom. The topological polar surface area (TPSA) is 44.8 Å². The second-order valence-corrected chi connectivity index (χ2v) is 8.70. The van der Waals surface area contributed by atoms with Crippen molar-refractivity contribution >= 4 is 17.7 Å². The second-order valence-electron chi connectivity index (χ2n) is 8.70. The standard InChI is InChI=1S/C27H35N3O2/c31-27(14-11-23-9-12-26(13-10-23)30-17-19-32-20-18-30)28-21-24-7-3-4-8-25(24)22-29-15-5-1-2-6-16-29/h3-4,7-14H,1-2,5-6,15-22H2,(H,28,31). The second kappa shape index (κ2) is 11.8. The van der Waals surface area contributed by atoms with Gasteiger partial charge in [0.1, 0.15) is 0 Å². The molecule has 0 saturated carbocycles. The Morgan fingerprint density at radius 1 is 0.875 bits per heavy atom. The van der Waals surface area contributed by atoms with Crippen LogP contribution in [0.5, 0.6) is 0 Å². The average molecular weight is 434 g/mol. The van der Waals surface area contributed by atoms with Crippen LogP contribution in [0.15, 0.2) is 54.6 Å². The van der Waals surface area contributed by atoms with Gasteiger partial charge in [-0.25, -0.2) is 0 Å². The van der Waals surface area contributed by atoms with Crippen LogP contribution in [-0.2, 0) is 22.6 Å². The third-order valence-electron chi connectivity index (χ3n) is 6.36. The number of benzene rings is 2. The van der Waals surface area contributed by atoms with Crippen LogP contribution < -0.4 is 10.2 Å². The quantitative estimate of drug-likeness (QED) is 0.664. The summed E-state index contributed by atoms with van der Waals surface area (Å²) in [6.45, 7) is 7.29. The van der Waals surface area contributed by atoms with Crippen molar-refractivity contribution in [1.82, 2.24) is 10.2 Å². The van der Waals surface area contributed by atoms with Gasteiger partial charge >= 0.3 is 0 Å². The van der Waals surface area contributed by atoms with E-state index in [2.05, 4.69) is 63.6 Å². The van der Waals surface area contributed by atoms with E-state index in [1.807, 2.05) is 6.08 Å². The number of likely N-dealkylation sites (tertiary alicyclic amines) is 1. The summed E-state index contributed by atoms with van der Waals surface area (Å²) in [5.41, 5.74) is 4.75. The molecule has 0 aliphatic carbocycles. The molecule has 0 unspecified atom stereocenters. The summed E-state index contributed by atoms with van der Waals surface area (Å²) in [6, 6.07) is 16.8. The van der Waals surface area contributed by atoms with Crippen molar-refractivity contribution in [2.75, 3.05) is 44.3 Å². The lowest BCUT2D eigenvalue weighted by molar-refractivity contribution is -0.116. The molecule has 2 heterocycles. The van der Waals surface area contributed by atoms with Gasteiger partial charge in [-0.15, -0.1) is 0 Å². The molecule has 170 valence electrons. The van der Waals surface area contributed by atoms with Crippen molar-refractivity contribution in [2.24, 2.45) is 0 Å². The maximum absolute atomic E-state index is 12.4. The van der Waals surface area contributed by atoms with Crippen LogP contribution in [0.2, 0.25) is 0 Å². The zero-order valence-corrected chi connectivity index (χ0v) is 19.0. The molecule has 5 nitrogen and oxygen atoms in total. The van der Waals surface area contributed by atoms with Crippen LogP contribution in [-0.4, -0.2) is 50.2 Å². The first kappa shape index (κ1) is 22.6. The molecule has 0 atom stereocenters. The number of rotatable bonds is 7. The van der Waals surface area contributed by atoms with Crippen molar-refractivity contribution < 1.29 is 9.53 Å².